The maximum atomic E-state index is 13.3. The van der Waals surface area contributed by atoms with Crippen molar-refractivity contribution >= 4 is 23.9 Å². The first-order valence-corrected chi connectivity index (χ1v) is 12.6. The van der Waals surface area contributed by atoms with E-state index in [0.29, 0.717) is 11.3 Å². The van der Waals surface area contributed by atoms with Gasteiger partial charge in [0.2, 0.25) is 5.91 Å². The van der Waals surface area contributed by atoms with Crippen molar-refractivity contribution in [2.75, 3.05) is 14.2 Å². The zero-order valence-electron chi connectivity index (χ0n) is 22.3. The summed E-state index contributed by atoms with van der Waals surface area (Å²) in [6.07, 6.45) is -1.37. The monoisotopic (exact) mass is 548 g/mol. The molecule has 2 amide bonds. The average Bonchev–Trinajstić information content (AvgIpc) is 2.99. The summed E-state index contributed by atoms with van der Waals surface area (Å²) in [4.78, 5) is 51.1. The highest BCUT2D eigenvalue weighted by molar-refractivity contribution is 5.92. The normalized spacial score (nSPS) is 11.8. The summed E-state index contributed by atoms with van der Waals surface area (Å²) >= 11 is 0. The van der Waals surface area contributed by atoms with Crippen LogP contribution in [0, 0.1) is 0 Å². The molecule has 0 spiro atoms. The third kappa shape index (κ3) is 9.46. The number of hydrogen-bond acceptors (Lipinski definition) is 8. The van der Waals surface area contributed by atoms with E-state index in [1.165, 1.54) is 14.2 Å². The van der Waals surface area contributed by atoms with Crippen molar-refractivity contribution in [2.24, 2.45) is 0 Å². The summed E-state index contributed by atoms with van der Waals surface area (Å²) < 4.78 is 20.8. The molecule has 0 saturated heterocycles. The summed E-state index contributed by atoms with van der Waals surface area (Å²) in [5.41, 5.74) is 2.15. The molecule has 10 nitrogen and oxygen atoms in total. The van der Waals surface area contributed by atoms with E-state index in [1.807, 2.05) is 12.1 Å². The maximum absolute atomic E-state index is 13.3. The molecule has 0 unspecified atom stereocenters. The van der Waals surface area contributed by atoms with Crippen LogP contribution in [-0.4, -0.2) is 50.2 Å². The van der Waals surface area contributed by atoms with E-state index in [2.05, 4.69) is 10.6 Å². The van der Waals surface area contributed by atoms with Crippen LogP contribution in [0.15, 0.2) is 84.9 Å². The van der Waals surface area contributed by atoms with E-state index in [0.717, 1.165) is 11.1 Å². The zero-order valence-corrected chi connectivity index (χ0v) is 22.3. The zero-order chi connectivity index (χ0) is 28.7. The van der Waals surface area contributed by atoms with Crippen LogP contribution in [0.1, 0.15) is 23.1 Å². The number of hydrogen-bond donors (Lipinski definition) is 2. The minimum atomic E-state index is -1.39. The van der Waals surface area contributed by atoms with Gasteiger partial charge in [0.15, 0.2) is 0 Å². The minimum absolute atomic E-state index is 0.00888. The summed E-state index contributed by atoms with van der Waals surface area (Å²) in [5.74, 6) is -1.71. The topological polar surface area (TPSA) is 129 Å². The first kappa shape index (κ1) is 29.7. The molecule has 0 aliphatic rings. The Hall–Kier alpha value is -4.86. The number of para-hydroxylation sites is 1. The number of alkyl carbamates (subject to hydrolysis) is 1. The Morgan fingerprint density at radius 3 is 1.88 bits per heavy atom. The number of esters is 2. The molecular formula is C30H32N2O8. The quantitative estimate of drug-likeness (QED) is 0.246. The van der Waals surface area contributed by atoms with Crippen LogP contribution in [0.3, 0.4) is 0 Å². The minimum Gasteiger partial charge on any atom is -0.496 e. The molecule has 0 bridgehead atoms. The van der Waals surface area contributed by atoms with Crippen LogP contribution in [0.5, 0.6) is 5.75 Å². The van der Waals surface area contributed by atoms with Gasteiger partial charge in [0, 0.05) is 6.42 Å². The fourth-order valence-corrected chi connectivity index (χ4v) is 3.78. The van der Waals surface area contributed by atoms with Gasteiger partial charge in [0.05, 0.1) is 20.6 Å². The van der Waals surface area contributed by atoms with Crippen LogP contribution in [-0.2, 0) is 48.2 Å². The van der Waals surface area contributed by atoms with Crippen molar-refractivity contribution in [2.45, 2.75) is 38.1 Å². The predicted octanol–water partition coefficient (Wildman–Crippen LogP) is 3.32. The highest BCUT2D eigenvalue weighted by Gasteiger charge is 2.30. The molecule has 0 aliphatic heterocycles. The summed E-state index contributed by atoms with van der Waals surface area (Å²) in [6, 6.07) is 22.5. The third-order valence-corrected chi connectivity index (χ3v) is 5.85. The first-order chi connectivity index (χ1) is 19.4. The second kappa shape index (κ2) is 15.5. The number of methoxy groups -OCH3 is 2. The molecule has 0 saturated carbocycles. The number of benzene rings is 3. The van der Waals surface area contributed by atoms with Gasteiger partial charge >= 0.3 is 18.0 Å². The van der Waals surface area contributed by atoms with Crippen molar-refractivity contribution in [3.05, 3.63) is 102 Å². The van der Waals surface area contributed by atoms with Crippen molar-refractivity contribution < 1.29 is 38.1 Å². The lowest BCUT2D eigenvalue weighted by Gasteiger charge is -2.22. The Morgan fingerprint density at radius 1 is 0.700 bits per heavy atom. The maximum Gasteiger partial charge on any atom is 0.408 e. The molecule has 0 aromatic heterocycles. The lowest BCUT2D eigenvalue weighted by molar-refractivity contribution is -0.147. The number of carbonyl (C=O) groups is 4. The Morgan fingerprint density at radius 2 is 1.27 bits per heavy atom. The number of rotatable bonds is 13. The van der Waals surface area contributed by atoms with E-state index >= 15 is 0 Å². The van der Waals surface area contributed by atoms with Gasteiger partial charge in [-0.3, -0.25) is 9.59 Å². The molecule has 2 N–H and O–H groups in total. The molecule has 0 heterocycles. The molecule has 2 atom stereocenters. The van der Waals surface area contributed by atoms with E-state index in [9.17, 15) is 19.2 Å². The highest BCUT2D eigenvalue weighted by Crippen LogP contribution is 2.19. The van der Waals surface area contributed by atoms with Gasteiger partial charge in [-0.05, 0) is 22.8 Å². The highest BCUT2D eigenvalue weighted by atomic mass is 16.6. The van der Waals surface area contributed by atoms with Crippen molar-refractivity contribution in [3.63, 3.8) is 0 Å². The third-order valence-electron chi connectivity index (χ3n) is 5.85. The van der Waals surface area contributed by atoms with Gasteiger partial charge in [0.25, 0.3) is 0 Å². The van der Waals surface area contributed by atoms with E-state index < -0.39 is 42.4 Å². The van der Waals surface area contributed by atoms with Gasteiger partial charge in [-0.15, -0.1) is 0 Å². The SMILES string of the molecule is COC(=O)[C@@H](Cc1ccccc1OC)NC(=O)[C@@H](CC(=O)OCc1ccccc1)NC(=O)OCc1ccccc1. The fraction of sp³-hybridized carbons (Fsp3) is 0.267. The Kier molecular flexibility index (Phi) is 11.5. The number of nitrogens with one attached hydrogen (secondary N) is 2. The van der Waals surface area contributed by atoms with Gasteiger partial charge < -0.3 is 29.6 Å². The molecule has 10 heteroatoms. The van der Waals surface area contributed by atoms with E-state index in [1.54, 1.807) is 72.8 Å². The lowest BCUT2D eigenvalue weighted by atomic mass is 10.0. The molecule has 0 radical (unpaired) electrons. The molecule has 3 rings (SSSR count). The summed E-state index contributed by atoms with van der Waals surface area (Å²) in [6.45, 7) is -0.0525. The van der Waals surface area contributed by atoms with Gasteiger partial charge in [-0.2, -0.15) is 0 Å². The van der Waals surface area contributed by atoms with Crippen LogP contribution in [0.2, 0.25) is 0 Å². The molecule has 0 aliphatic carbocycles. The summed E-state index contributed by atoms with van der Waals surface area (Å²) in [5, 5.41) is 4.99. The second-order valence-corrected chi connectivity index (χ2v) is 8.71. The smallest absolute Gasteiger partial charge is 0.408 e. The van der Waals surface area contributed by atoms with Crippen LogP contribution in [0.4, 0.5) is 4.79 Å². The Labute approximate surface area is 232 Å². The van der Waals surface area contributed by atoms with Crippen molar-refractivity contribution in [1.82, 2.24) is 10.6 Å². The molecule has 0 fully saturated rings. The molecule has 210 valence electrons. The molecular weight excluding hydrogens is 516 g/mol. The molecule has 40 heavy (non-hydrogen) atoms. The number of carbonyl (C=O) groups excluding carboxylic acids is 4. The van der Waals surface area contributed by atoms with Crippen LogP contribution in [0.25, 0.3) is 0 Å². The lowest BCUT2D eigenvalue weighted by Crippen LogP contribution is -2.53. The van der Waals surface area contributed by atoms with Crippen molar-refractivity contribution in [1.29, 1.82) is 0 Å². The van der Waals surface area contributed by atoms with Gasteiger partial charge in [-0.25, -0.2) is 9.59 Å². The van der Waals surface area contributed by atoms with E-state index in [-0.39, 0.29) is 19.6 Å². The van der Waals surface area contributed by atoms with Crippen LogP contribution < -0.4 is 15.4 Å². The summed E-state index contributed by atoms with van der Waals surface area (Å²) in [7, 11) is 2.69. The first-order valence-electron chi connectivity index (χ1n) is 12.6. The molecule has 3 aromatic rings. The Bertz CT molecular complexity index is 1210. The Balaban J connectivity index is 1.71. The van der Waals surface area contributed by atoms with Crippen LogP contribution >= 0.6 is 0 Å². The van der Waals surface area contributed by atoms with Crippen molar-refractivity contribution in [3.8, 4) is 5.75 Å². The van der Waals surface area contributed by atoms with E-state index in [4.69, 9.17) is 18.9 Å². The standard InChI is InChI=1S/C30H32N2O8/c1-37-26-16-10-9-15-23(26)17-25(29(35)38-2)31-28(34)24(18-27(33)39-19-21-11-5-3-6-12-21)32-30(36)40-20-22-13-7-4-8-14-22/h3-16,24-25H,17-20H2,1-2H3,(H,31,34)(H,32,36)/t24-,25-/m1/s1. The second-order valence-electron chi connectivity index (χ2n) is 8.71. The predicted molar refractivity (Wildman–Crippen MR) is 145 cm³/mol. The largest absolute Gasteiger partial charge is 0.496 e. The molecule has 3 aromatic carbocycles. The average molecular weight is 549 g/mol. The number of amides is 2. The van der Waals surface area contributed by atoms with Gasteiger partial charge in [0.1, 0.15) is 31.0 Å². The fourth-order valence-electron chi connectivity index (χ4n) is 3.78. The number of ether oxygens (including phenoxy) is 4. The van der Waals surface area contributed by atoms with Gasteiger partial charge in [-0.1, -0.05) is 78.9 Å².